The van der Waals surface area contributed by atoms with Gasteiger partial charge in [-0.1, -0.05) is 15.9 Å². The monoisotopic (exact) mass is 407 g/mol. The number of benzene rings is 1. The van der Waals surface area contributed by atoms with Crippen LogP contribution in [0.5, 0.6) is 0 Å². The molecule has 1 amide bonds. The molecule has 0 atom stereocenters. The Labute approximate surface area is 151 Å². The second-order valence-corrected chi connectivity index (χ2v) is 5.72. The molecule has 0 saturated carbocycles. The molecule has 7 heteroatoms. The van der Waals surface area contributed by atoms with E-state index in [9.17, 15) is 4.79 Å². The summed E-state index contributed by atoms with van der Waals surface area (Å²) in [6.07, 6.45) is 0. The van der Waals surface area contributed by atoms with Crippen LogP contribution in [0.3, 0.4) is 0 Å². The molecule has 0 fully saturated rings. The number of pyridine rings is 1. The van der Waals surface area contributed by atoms with Gasteiger partial charge in [-0.3, -0.25) is 9.78 Å². The third-order valence-electron chi connectivity index (χ3n) is 3.17. The number of aryl methyl sites for hydroxylation is 1. The summed E-state index contributed by atoms with van der Waals surface area (Å²) < 4.78 is 0.947. The highest BCUT2D eigenvalue weighted by Gasteiger charge is 2.16. The average Bonchev–Trinajstić information content (AvgIpc) is 2.43. The van der Waals surface area contributed by atoms with Crippen molar-refractivity contribution in [3.63, 3.8) is 0 Å². The van der Waals surface area contributed by atoms with Gasteiger partial charge in [0.05, 0.1) is 11.1 Å². The zero-order valence-corrected chi connectivity index (χ0v) is 15.9. The summed E-state index contributed by atoms with van der Waals surface area (Å²) in [5.41, 5.74) is 2.40. The van der Waals surface area contributed by atoms with Crippen LogP contribution in [0.2, 0.25) is 0 Å². The van der Waals surface area contributed by atoms with Gasteiger partial charge in [-0.2, -0.15) is 0 Å². The van der Waals surface area contributed by atoms with E-state index in [1.807, 2.05) is 45.3 Å². The van der Waals surface area contributed by atoms with Crippen LogP contribution in [0.1, 0.15) is 16.1 Å². The Bertz CT molecular complexity index is 652. The highest BCUT2D eigenvalue weighted by Crippen LogP contribution is 2.23. The number of hydrogen-bond donors (Lipinski definition) is 1. The van der Waals surface area contributed by atoms with Crippen molar-refractivity contribution in [2.45, 2.75) is 6.92 Å². The number of rotatable bonds is 4. The summed E-state index contributed by atoms with van der Waals surface area (Å²) in [6, 6.07) is 7.67. The minimum atomic E-state index is 0. The second-order valence-electron chi connectivity index (χ2n) is 4.80. The third-order valence-corrected chi connectivity index (χ3v) is 3.67. The van der Waals surface area contributed by atoms with E-state index >= 15 is 0 Å². The molecule has 2 rings (SSSR count). The van der Waals surface area contributed by atoms with E-state index in [1.165, 1.54) is 0 Å². The van der Waals surface area contributed by atoms with Gasteiger partial charge >= 0.3 is 0 Å². The Hall–Kier alpha value is -0.880. The molecular formula is C15H20BrCl2N3O. The Morgan fingerprint density at radius 2 is 2.00 bits per heavy atom. The van der Waals surface area contributed by atoms with Gasteiger partial charge in [-0.15, -0.1) is 24.8 Å². The van der Waals surface area contributed by atoms with Crippen LogP contribution >= 0.6 is 40.7 Å². The highest BCUT2D eigenvalue weighted by atomic mass is 79.9. The van der Waals surface area contributed by atoms with Crippen molar-refractivity contribution in [3.05, 3.63) is 40.0 Å². The summed E-state index contributed by atoms with van der Waals surface area (Å²) in [7, 11) is 3.70. The summed E-state index contributed by atoms with van der Waals surface area (Å²) in [4.78, 5) is 18.8. The van der Waals surface area contributed by atoms with E-state index in [2.05, 4.69) is 26.2 Å². The molecule has 0 aliphatic carbocycles. The van der Waals surface area contributed by atoms with Gasteiger partial charge in [0, 0.05) is 35.7 Å². The van der Waals surface area contributed by atoms with Gasteiger partial charge in [0.25, 0.3) is 5.91 Å². The van der Waals surface area contributed by atoms with Crippen molar-refractivity contribution < 1.29 is 4.79 Å². The Morgan fingerprint density at radius 1 is 1.32 bits per heavy atom. The largest absolute Gasteiger partial charge is 0.340 e. The lowest BCUT2D eigenvalue weighted by Gasteiger charge is -2.18. The van der Waals surface area contributed by atoms with E-state index < -0.39 is 0 Å². The number of nitrogens with zero attached hydrogens (tertiary/aromatic N) is 2. The molecule has 2 aromatic rings. The summed E-state index contributed by atoms with van der Waals surface area (Å²) in [5.74, 6) is 0.0221. The van der Waals surface area contributed by atoms with Crippen LogP contribution in [0, 0.1) is 6.92 Å². The summed E-state index contributed by atoms with van der Waals surface area (Å²) in [5, 5.41) is 3.93. The maximum Gasteiger partial charge on any atom is 0.254 e. The Morgan fingerprint density at radius 3 is 2.64 bits per heavy atom. The molecule has 0 unspecified atom stereocenters. The van der Waals surface area contributed by atoms with Gasteiger partial charge in [0.15, 0.2) is 0 Å². The van der Waals surface area contributed by atoms with Crippen molar-refractivity contribution >= 4 is 57.6 Å². The molecule has 0 saturated heterocycles. The van der Waals surface area contributed by atoms with Crippen LogP contribution in [-0.2, 0) is 0 Å². The number of likely N-dealkylation sites (N-methyl/N-ethyl adjacent to an activating group) is 2. The molecule has 4 nitrogen and oxygen atoms in total. The third kappa shape index (κ3) is 4.81. The fourth-order valence-corrected chi connectivity index (χ4v) is 2.46. The first-order valence-corrected chi connectivity index (χ1v) is 7.29. The maximum absolute atomic E-state index is 12.6. The lowest BCUT2D eigenvalue weighted by molar-refractivity contribution is 0.0798. The van der Waals surface area contributed by atoms with Crippen molar-refractivity contribution in [1.82, 2.24) is 15.2 Å². The van der Waals surface area contributed by atoms with E-state index in [0.29, 0.717) is 12.1 Å². The number of carbonyl (C=O) groups is 1. The van der Waals surface area contributed by atoms with Crippen LogP contribution in [0.15, 0.2) is 28.7 Å². The Balaban J connectivity index is 0.00000220. The number of fused-ring (bicyclic) bond motifs is 1. The van der Waals surface area contributed by atoms with Crippen LogP contribution in [-0.4, -0.2) is 43.0 Å². The van der Waals surface area contributed by atoms with E-state index in [0.717, 1.165) is 27.6 Å². The molecule has 1 N–H and O–H groups in total. The smallest absolute Gasteiger partial charge is 0.254 e. The molecular weight excluding hydrogens is 389 g/mol. The number of amides is 1. The first-order chi connectivity index (χ1) is 9.52. The van der Waals surface area contributed by atoms with Gasteiger partial charge in [-0.05, 0) is 38.2 Å². The van der Waals surface area contributed by atoms with Crippen LogP contribution in [0.4, 0.5) is 0 Å². The Kier molecular flexibility index (Phi) is 8.93. The number of hydrogen-bond acceptors (Lipinski definition) is 3. The molecule has 0 aliphatic rings. The molecule has 0 spiro atoms. The molecule has 0 aliphatic heterocycles. The first kappa shape index (κ1) is 21.1. The average molecular weight is 409 g/mol. The van der Waals surface area contributed by atoms with Crippen molar-refractivity contribution in [2.75, 3.05) is 27.2 Å². The molecule has 1 heterocycles. The van der Waals surface area contributed by atoms with E-state index in [1.54, 1.807) is 4.90 Å². The predicted molar refractivity (Wildman–Crippen MR) is 99.6 cm³/mol. The zero-order valence-electron chi connectivity index (χ0n) is 12.7. The molecule has 0 bridgehead atoms. The molecule has 1 aromatic carbocycles. The van der Waals surface area contributed by atoms with Crippen molar-refractivity contribution in [3.8, 4) is 0 Å². The molecule has 22 heavy (non-hydrogen) atoms. The lowest BCUT2D eigenvalue weighted by atomic mass is 10.1. The molecule has 122 valence electrons. The molecule has 0 radical (unpaired) electrons. The fourth-order valence-electron chi connectivity index (χ4n) is 2.09. The van der Waals surface area contributed by atoms with E-state index in [4.69, 9.17) is 0 Å². The first-order valence-electron chi connectivity index (χ1n) is 6.50. The van der Waals surface area contributed by atoms with Gasteiger partial charge in [0.2, 0.25) is 0 Å². The van der Waals surface area contributed by atoms with Crippen molar-refractivity contribution in [2.24, 2.45) is 0 Å². The number of halogens is 3. The topological polar surface area (TPSA) is 45.2 Å². The second kappa shape index (κ2) is 9.30. The lowest BCUT2D eigenvalue weighted by Crippen LogP contribution is -2.33. The number of carbonyl (C=O) groups excluding carboxylic acids is 1. The number of aromatic nitrogens is 1. The number of nitrogens with one attached hydrogen (secondary N) is 1. The zero-order chi connectivity index (χ0) is 14.7. The fraction of sp³-hybridized carbons (Fsp3) is 0.333. The summed E-state index contributed by atoms with van der Waals surface area (Å²) in [6.45, 7) is 3.35. The van der Waals surface area contributed by atoms with Gasteiger partial charge in [-0.25, -0.2) is 0 Å². The molecule has 1 aromatic heterocycles. The van der Waals surface area contributed by atoms with Gasteiger partial charge < -0.3 is 10.2 Å². The summed E-state index contributed by atoms with van der Waals surface area (Å²) >= 11 is 3.45. The highest BCUT2D eigenvalue weighted by molar-refractivity contribution is 9.10. The minimum absolute atomic E-state index is 0. The standard InChI is InChI=1S/C15H18BrN3O.2ClH/c1-10-8-13(15(20)19(3)7-6-17-2)12-9-11(16)4-5-14(12)18-10;;/h4-5,8-9,17H,6-7H2,1-3H3;2*1H. The van der Waals surface area contributed by atoms with Crippen molar-refractivity contribution in [1.29, 1.82) is 0 Å². The normalized spacial score (nSPS) is 9.82. The quantitative estimate of drug-likeness (QED) is 0.842. The van der Waals surface area contributed by atoms with Crippen LogP contribution < -0.4 is 5.32 Å². The van der Waals surface area contributed by atoms with Gasteiger partial charge in [0.1, 0.15) is 0 Å². The van der Waals surface area contributed by atoms with E-state index in [-0.39, 0.29) is 30.7 Å². The SMILES string of the molecule is CNCCN(C)C(=O)c1cc(C)nc2ccc(Br)cc12.Cl.Cl. The predicted octanol–water partition coefficient (Wildman–Crippen LogP) is 3.44. The maximum atomic E-state index is 12.6. The minimum Gasteiger partial charge on any atom is -0.340 e. The van der Waals surface area contributed by atoms with Crippen LogP contribution in [0.25, 0.3) is 10.9 Å².